The third-order valence-corrected chi connectivity index (χ3v) is 10.5. The van der Waals surface area contributed by atoms with Gasteiger partial charge >= 0.3 is 0 Å². The molecule has 3 aromatic heterocycles. The molecule has 3 heterocycles. The molecule has 0 aliphatic heterocycles. The fraction of sp³-hybridized carbons (Fsp3) is 0. The van der Waals surface area contributed by atoms with Crippen LogP contribution >= 0.6 is 11.3 Å². The van der Waals surface area contributed by atoms with Crippen LogP contribution in [0.25, 0.3) is 86.3 Å². The molecule has 0 spiro atoms. The Morgan fingerprint density at radius 3 is 1.89 bits per heavy atom. The van der Waals surface area contributed by atoms with Crippen LogP contribution in [0.5, 0.6) is 0 Å². The lowest BCUT2D eigenvalue weighted by Crippen LogP contribution is -1.95. The van der Waals surface area contributed by atoms with Crippen molar-refractivity contribution in [3.63, 3.8) is 0 Å². The fourth-order valence-electron chi connectivity index (χ4n) is 7.36. The fourth-order valence-corrected chi connectivity index (χ4v) is 8.45. The zero-order valence-corrected chi connectivity index (χ0v) is 25.1. The molecule has 0 atom stereocenters. The molecule has 210 valence electrons. The van der Waals surface area contributed by atoms with Crippen molar-refractivity contribution in [2.45, 2.75) is 0 Å². The van der Waals surface area contributed by atoms with Crippen LogP contribution in [0.3, 0.4) is 0 Å². The van der Waals surface area contributed by atoms with E-state index >= 15 is 0 Å². The summed E-state index contributed by atoms with van der Waals surface area (Å²) in [5.41, 5.74) is 9.68. The number of hydrogen-bond acceptors (Lipinski definition) is 1. The highest BCUT2D eigenvalue weighted by molar-refractivity contribution is 7.25. The minimum absolute atomic E-state index is 1.16. The summed E-state index contributed by atoms with van der Waals surface area (Å²) in [6, 6.07) is 57.7. The molecule has 0 aliphatic rings. The second kappa shape index (κ2) is 9.43. The summed E-state index contributed by atoms with van der Waals surface area (Å²) in [6.45, 7) is 0. The summed E-state index contributed by atoms with van der Waals surface area (Å²) in [4.78, 5) is 0. The number of aromatic nitrogens is 2. The summed E-state index contributed by atoms with van der Waals surface area (Å²) in [6.07, 6.45) is 0. The van der Waals surface area contributed by atoms with Crippen molar-refractivity contribution in [3.8, 4) is 22.5 Å². The van der Waals surface area contributed by atoms with Gasteiger partial charge in [0.15, 0.2) is 0 Å². The highest BCUT2D eigenvalue weighted by Crippen LogP contribution is 2.42. The molecule has 0 bridgehead atoms. The maximum absolute atomic E-state index is 2.45. The van der Waals surface area contributed by atoms with Gasteiger partial charge in [0.1, 0.15) is 0 Å². The van der Waals surface area contributed by atoms with Gasteiger partial charge in [0.2, 0.25) is 0 Å². The standard InChI is InChI=1S/C42H26N2S/c1-2-12-29(13-3-1)44-36-18-7-4-15-31(36)33-22-23-38-41(42(33)44)34-17-5-8-19-37(34)43(38)30-14-10-11-27(25-30)28-21-24-40-35(26-28)32-16-6-9-20-39(32)45-40/h1-26H. The normalized spacial score (nSPS) is 12.0. The Kier molecular flexibility index (Phi) is 5.19. The maximum Gasteiger partial charge on any atom is 0.0641 e. The number of benzene rings is 7. The molecular formula is C42H26N2S. The third-order valence-electron chi connectivity index (χ3n) is 9.30. The predicted octanol–water partition coefficient (Wildman–Crippen LogP) is 11.9. The van der Waals surface area contributed by atoms with Crippen molar-refractivity contribution < 1.29 is 0 Å². The van der Waals surface area contributed by atoms with Gasteiger partial charge in [0.25, 0.3) is 0 Å². The molecule has 0 fully saturated rings. The highest BCUT2D eigenvalue weighted by atomic mass is 32.1. The van der Waals surface area contributed by atoms with E-state index in [1.54, 1.807) is 0 Å². The molecule has 10 aromatic rings. The minimum atomic E-state index is 1.16. The summed E-state index contributed by atoms with van der Waals surface area (Å²) in [5, 5.41) is 7.74. The highest BCUT2D eigenvalue weighted by Gasteiger charge is 2.20. The first-order chi connectivity index (χ1) is 22.3. The van der Waals surface area contributed by atoms with Crippen LogP contribution in [0.4, 0.5) is 0 Å². The first-order valence-corrected chi connectivity index (χ1v) is 16.2. The molecule has 2 nitrogen and oxygen atoms in total. The Bertz CT molecular complexity index is 2760. The molecule has 0 unspecified atom stereocenters. The largest absolute Gasteiger partial charge is 0.309 e. The van der Waals surface area contributed by atoms with E-state index in [-0.39, 0.29) is 0 Å². The quantitative estimate of drug-likeness (QED) is 0.194. The number of para-hydroxylation sites is 3. The Morgan fingerprint density at radius 1 is 0.356 bits per heavy atom. The molecule has 0 N–H and O–H groups in total. The molecule has 0 radical (unpaired) electrons. The Labute approximate surface area is 263 Å². The summed E-state index contributed by atoms with van der Waals surface area (Å²) in [7, 11) is 0. The van der Waals surface area contributed by atoms with Crippen LogP contribution in [-0.2, 0) is 0 Å². The lowest BCUT2D eigenvalue weighted by atomic mass is 10.0. The Balaban J connectivity index is 1.26. The van der Waals surface area contributed by atoms with Gasteiger partial charge in [0, 0.05) is 53.1 Å². The number of rotatable bonds is 3. The maximum atomic E-state index is 2.45. The van der Waals surface area contributed by atoms with E-state index in [1.807, 2.05) is 11.3 Å². The van der Waals surface area contributed by atoms with Gasteiger partial charge in [-0.25, -0.2) is 0 Å². The second-order valence-corrected chi connectivity index (χ2v) is 12.8. The Morgan fingerprint density at radius 2 is 1.02 bits per heavy atom. The average Bonchev–Trinajstić information content (AvgIpc) is 3.76. The molecule has 7 aromatic carbocycles. The molecule has 45 heavy (non-hydrogen) atoms. The van der Waals surface area contributed by atoms with Crippen molar-refractivity contribution in [1.82, 2.24) is 9.13 Å². The second-order valence-electron chi connectivity index (χ2n) is 11.8. The lowest BCUT2D eigenvalue weighted by Gasteiger charge is -2.11. The minimum Gasteiger partial charge on any atom is -0.309 e. The SMILES string of the molecule is c1ccc(-n2c3ccccc3c3ccc4c(c5ccccc5n4-c4cccc(-c5ccc6sc7ccccc7c6c5)c4)c32)cc1. The van der Waals surface area contributed by atoms with Gasteiger partial charge in [-0.05, 0) is 71.8 Å². The Hall–Kier alpha value is -5.64. The smallest absolute Gasteiger partial charge is 0.0641 e. The van der Waals surface area contributed by atoms with E-state index in [1.165, 1.54) is 80.6 Å². The predicted molar refractivity (Wildman–Crippen MR) is 193 cm³/mol. The van der Waals surface area contributed by atoms with Crippen LogP contribution in [0.2, 0.25) is 0 Å². The third kappa shape index (κ3) is 3.56. The first-order valence-electron chi connectivity index (χ1n) is 15.4. The van der Waals surface area contributed by atoms with E-state index in [4.69, 9.17) is 0 Å². The first kappa shape index (κ1) is 24.8. The number of nitrogens with zero attached hydrogens (tertiary/aromatic N) is 2. The number of hydrogen-bond donors (Lipinski definition) is 0. The molecule has 0 saturated carbocycles. The van der Waals surface area contributed by atoms with E-state index in [2.05, 4.69) is 167 Å². The van der Waals surface area contributed by atoms with Gasteiger partial charge in [-0.1, -0.05) is 97.1 Å². The molecule has 10 rings (SSSR count). The average molecular weight is 591 g/mol. The summed E-state index contributed by atoms with van der Waals surface area (Å²) >= 11 is 1.87. The van der Waals surface area contributed by atoms with Gasteiger partial charge in [-0.3, -0.25) is 0 Å². The number of fused-ring (bicyclic) bond motifs is 10. The topological polar surface area (TPSA) is 9.86 Å². The van der Waals surface area contributed by atoms with Crippen molar-refractivity contribution in [2.75, 3.05) is 0 Å². The van der Waals surface area contributed by atoms with Crippen molar-refractivity contribution >= 4 is 75.1 Å². The van der Waals surface area contributed by atoms with Crippen molar-refractivity contribution in [1.29, 1.82) is 0 Å². The monoisotopic (exact) mass is 590 g/mol. The molecule has 0 aliphatic carbocycles. The molecule has 0 saturated heterocycles. The lowest BCUT2D eigenvalue weighted by molar-refractivity contribution is 1.17. The number of thiophene rings is 1. The van der Waals surface area contributed by atoms with Gasteiger partial charge in [-0.2, -0.15) is 0 Å². The molecule has 3 heteroatoms. The van der Waals surface area contributed by atoms with Crippen molar-refractivity contribution in [2.24, 2.45) is 0 Å². The molecule has 0 amide bonds. The van der Waals surface area contributed by atoms with E-state index in [9.17, 15) is 0 Å². The van der Waals surface area contributed by atoms with Crippen LogP contribution in [0, 0.1) is 0 Å². The van der Waals surface area contributed by atoms with E-state index < -0.39 is 0 Å². The van der Waals surface area contributed by atoms with Crippen LogP contribution in [0.1, 0.15) is 0 Å². The zero-order chi connectivity index (χ0) is 29.5. The molecular weight excluding hydrogens is 565 g/mol. The van der Waals surface area contributed by atoms with E-state index in [0.29, 0.717) is 0 Å². The summed E-state index contributed by atoms with van der Waals surface area (Å²) in [5.74, 6) is 0. The van der Waals surface area contributed by atoms with Crippen LogP contribution in [0.15, 0.2) is 158 Å². The van der Waals surface area contributed by atoms with Crippen molar-refractivity contribution in [3.05, 3.63) is 158 Å². The van der Waals surface area contributed by atoms with Gasteiger partial charge in [0.05, 0.1) is 22.1 Å². The van der Waals surface area contributed by atoms with Crippen LogP contribution < -0.4 is 0 Å². The van der Waals surface area contributed by atoms with E-state index in [0.717, 1.165) is 5.69 Å². The van der Waals surface area contributed by atoms with Gasteiger partial charge in [-0.15, -0.1) is 11.3 Å². The summed E-state index contributed by atoms with van der Waals surface area (Å²) < 4.78 is 7.55. The van der Waals surface area contributed by atoms with Crippen LogP contribution in [-0.4, -0.2) is 9.13 Å². The zero-order valence-electron chi connectivity index (χ0n) is 24.3. The van der Waals surface area contributed by atoms with Gasteiger partial charge < -0.3 is 9.13 Å².